The first kappa shape index (κ1) is 9.58. The molecule has 0 aliphatic heterocycles. The fourth-order valence-corrected chi connectivity index (χ4v) is 1.32. The van der Waals surface area contributed by atoms with Crippen LogP contribution < -0.4 is 5.32 Å². The number of aryl methyl sites for hydroxylation is 1. The lowest BCUT2D eigenvalue weighted by Crippen LogP contribution is -1.98. The highest BCUT2D eigenvalue weighted by Crippen LogP contribution is 2.20. The van der Waals surface area contributed by atoms with E-state index in [1.165, 1.54) is 0 Å². The molecule has 4 nitrogen and oxygen atoms in total. The molecule has 2 aromatic rings. The zero-order valence-electron chi connectivity index (χ0n) is 8.73. The van der Waals surface area contributed by atoms with Crippen molar-refractivity contribution in [2.75, 3.05) is 12.4 Å². The predicted octanol–water partition coefficient (Wildman–Crippen LogP) is 1.89. The molecule has 1 N–H and O–H groups in total. The number of hydrogen-bond donors (Lipinski definition) is 1. The maximum Gasteiger partial charge on any atom is 0.153 e. The molecule has 76 valence electrons. The van der Waals surface area contributed by atoms with Gasteiger partial charge in [0.15, 0.2) is 5.82 Å². The fraction of sp³-hybridized carbons (Fsp3) is 0.182. The third kappa shape index (κ3) is 1.93. The van der Waals surface area contributed by atoms with E-state index in [2.05, 4.69) is 20.3 Å². The zero-order valence-corrected chi connectivity index (χ0v) is 8.73. The van der Waals surface area contributed by atoms with Gasteiger partial charge in [-0.05, 0) is 18.6 Å². The van der Waals surface area contributed by atoms with E-state index in [1.54, 1.807) is 12.4 Å². The van der Waals surface area contributed by atoms with Crippen LogP contribution in [0.5, 0.6) is 0 Å². The Morgan fingerprint density at radius 2 is 1.87 bits per heavy atom. The number of aromatic nitrogens is 3. The van der Waals surface area contributed by atoms with Gasteiger partial charge in [0, 0.05) is 25.6 Å². The Labute approximate surface area is 88.4 Å². The van der Waals surface area contributed by atoms with E-state index < -0.39 is 0 Å². The van der Waals surface area contributed by atoms with Crippen LogP contribution in [0.1, 0.15) is 5.56 Å². The Hall–Kier alpha value is -1.97. The quantitative estimate of drug-likeness (QED) is 0.804. The van der Waals surface area contributed by atoms with Crippen molar-refractivity contribution in [3.8, 4) is 11.4 Å². The van der Waals surface area contributed by atoms with Crippen LogP contribution in [0, 0.1) is 6.92 Å². The second-order valence-electron chi connectivity index (χ2n) is 3.22. The number of rotatable bonds is 2. The highest BCUT2D eigenvalue weighted by molar-refractivity contribution is 5.67. The summed E-state index contributed by atoms with van der Waals surface area (Å²) in [5.74, 6) is 0.744. The number of pyridine rings is 1. The summed E-state index contributed by atoms with van der Waals surface area (Å²) in [5.41, 5.74) is 2.74. The van der Waals surface area contributed by atoms with Crippen molar-refractivity contribution in [1.82, 2.24) is 15.0 Å². The van der Waals surface area contributed by atoms with Gasteiger partial charge < -0.3 is 5.32 Å². The smallest absolute Gasteiger partial charge is 0.153 e. The topological polar surface area (TPSA) is 50.7 Å². The van der Waals surface area contributed by atoms with Gasteiger partial charge in [0.1, 0.15) is 5.69 Å². The summed E-state index contributed by atoms with van der Waals surface area (Å²) in [5, 5.41) is 3.00. The van der Waals surface area contributed by atoms with Crippen molar-refractivity contribution in [3.05, 3.63) is 36.3 Å². The molecule has 0 saturated heterocycles. The van der Waals surface area contributed by atoms with Crippen molar-refractivity contribution in [3.63, 3.8) is 0 Å². The molecule has 0 amide bonds. The Morgan fingerprint density at radius 1 is 1.07 bits per heavy atom. The molecule has 15 heavy (non-hydrogen) atoms. The largest absolute Gasteiger partial charge is 0.371 e. The first-order chi connectivity index (χ1) is 7.31. The molecule has 0 saturated carbocycles. The molecule has 0 unspecified atom stereocenters. The van der Waals surface area contributed by atoms with Gasteiger partial charge in [-0.25, -0.2) is 9.97 Å². The average Bonchev–Trinajstić information content (AvgIpc) is 2.30. The van der Waals surface area contributed by atoms with Crippen LogP contribution in [0.3, 0.4) is 0 Å². The van der Waals surface area contributed by atoms with Crippen molar-refractivity contribution in [1.29, 1.82) is 0 Å². The molecule has 0 aliphatic rings. The molecule has 0 atom stereocenters. The Morgan fingerprint density at radius 3 is 2.53 bits per heavy atom. The van der Waals surface area contributed by atoms with Crippen molar-refractivity contribution >= 4 is 5.82 Å². The lowest BCUT2D eigenvalue weighted by Gasteiger charge is -2.05. The van der Waals surface area contributed by atoms with Crippen molar-refractivity contribution in [2.45, 2.75) is 6.92 Å². The van der Waals surface area contributed by atoms with Crippen molar-refractivity contribution < 1.29 is 0 Å². The number of nitrogens with zero attached hydrogens (tertiary/aromatic N) is 3. The van der Waals surface area contributed by atoms with E-state index in [-0.39, 0.29) is 0 Å². The van der Waals surface area contributed by atoms with Gasteiger partial charge in [-0.15, -0.1) is 0 Å². The monoisotopic (exact) mass is 200 g/mol. The van der Waals surface area contributed by atoms with E-state index in [0.717, 1.165) is 22.8 Å². The third-order valence-corrected chi connectivity index (χ3v) is 2.09. The standard InChI is InChI=1S/C11H12N4/c1-8-3-4-9(15-7-8)10-11(12-2)14-6-5-13-10/h3-7H,1-2H3,(H,12,14). The fourth-order valence-electron chi connectivity index (χ4n) is 1.32. The SMILES string of the molecule is CNc1nccnc1-c1ccc(C)cn1. The van der Waals surface area contributed by atoms with E-state index in [4.69, 9.17) is 0 Å². The summed E-state index contributed by atoms with van der Waals surface area (Å²) < 4.78 is 0. The molecular formula is C11H12N4. The van der Waals surface area contributed by atoms with Crippen LogP contribution in [0.2, 0.25) is 0 Å². The minimum Gasteiger partial charge on any atom is -0.371 e. The van der Waals surface area contributed by atoms with E-state index in [9.17, 15) is 0 Å². The van der Waals surface area contributed by atoms with Crippen LogP contribution in [-0.2, 0) is 0 Å². The molecule has 0 aromatic carbocycles. The maximum absolute atomic E-state index is 4.31. The summed E-state index contributed by atoms with van der Waals surface area (Å²) in [6, 6.07) is 3.96. The lowest BCUT2D eigenvalue weighted by molar-refractivity contribution is 1.16. The van der Waals surface area contributed by atoms with Crippen LogP contribution in [-0.4, -0.2) is 22.0 Å². The molecule has 2 heterocycles. The minimum atomic E-state index is 0.744. The molecule has 0 bridgehead atoms. The molecule has 0 spiro atoms. The number of nitrogens with one attached hydrogen (secondary N) is 1. The lowest BCUT2D eigenvalue weighted by atomic mass is 10.2. The van der Waals surface area contributed by atoms with Gasteiger partial charge in [-0.3, -0.25) is 4.98 Å². The molecule has 0 aliphatic carbocycles. The summed E-state index contributed by atoms with van der Waals surface area (Å²) in [6.07, 6.45) is 5.14. The van der Waals surface area contributed by atoms with Crippen LogP contribution in [0.15, 0.2) is 30.7 Å². The third-order valence-electron chi connectivity index (χ3n) is 2.09. The summed E-state index contributed by atoms with van der Waals surface area (Å²) in [4.78, 5) is 12.8. The summed E-state index contributed by atoms with van der Waals surface area (Å²) >= 11 is 0. The minimum absolute atomic E-state index is 0.744. The molecule has 4 heteroatoms. The molecule has 0 radical (unpaired) electrons. The van der Waals surface area contributed by atoms with Gasteiger partial charge in [0.25, 0.3) is 0 Å². The number of anilines is 1. The van der Waals surface area contributed by atoms with Gasteiger partial charge in [0.05, 0.1) is 5.69 Å². The molecular weight excluding hydrogens is 188 g/mol. The molecule has 2 rings (SSSR count). The first-order valence-corrected chi connectivity index (χ1v) is 4.73. The van der Waals surface area contributed by atoms with Gasteiger partial charge in [-0.2, -0.15) is 0 Å². The van der Waals surface area contributed by atoms with E-state index >= 15 is 0 Å². The maximum atomic E-state index is 4.31. The van der Waals surface area contributed by atoms with Crippen LogP contribution in [0.25, 0.3) is 11.4 Å². The first-order valence-electron chi connectivity index (χ1n) is 4.73. The second kappa shape index (κ2) is 4.04. The van der Waals surface area contributed by atoms with Crippen LogP contribution in [0.4, 0.5) is 5.82 Å². The highest BCUT2D eigenvalue weighted by atomic mass is 15.0. The highest BCUT2D eigenvalue weighted by Gasteiger charge is 2.06. The van der Waals surface area contributed by atoms with Crippen LogP contribution >= 0.6 is 0 Å². The average molecular weight is 200 g/mol. The van der Waals surface area contributed by atoms with Gasteiger partial charge in [-0.1, -0.05) is 6.07 Å². The summed E-state index contributed by atoms with van der Waals surface area (Å²) in [7, 11) is 1.82. The summed E-state index contributed by atoms with van der Waals surface area (Å²) in [6.45, 7) is 2.01. The zero-order chi connectivity index (χ0) is 10.7. The Bertz CT molecular complexity index is 450. The normalized spacial score (nSPS) is 10.0. The number of hydrogen-bond acceptors (Lipinski definition) is 4. The molecule has 2 aromatic heterocycles. The van der Waals surface area contributed by atoms with E-state index in [1.807, 2.05) is 32.3 Å². The van der Waals surface area contributed by atoms with Crippen molar-refractivity contribution in [2.24, 2.45) is 0 Å². The molecule has 0 fully saturated rings. The Kier molecular flexibility index (Phi) is 2.58. The van der Waals surface area contributed by atoms with Gasteiger partial charge >= 0.3 is 0 Å². The Balaban J connectivity index is 2.49. The second-order valence-corrected chi connectivity index (χ2v) is 3.22. The predicted molar refractivity (Wildman–Crippen MR) is 59.5 cm³/mol. The van der Waals surface area contributed by atoms with Gasteiger partial charge in [0.2, 0.25) is 0 Å². The van der Waals surface area contributed by atoms with E-state index in [0.29, 0.717) is 0 Å².